The highest BCUT2D eigenvalue weighted by molar-refractivity contribution is 5.80. The fourth-order valence-electron chi connectivity index (χ4n) is 4.44. The van der Waals surface area contributed by atoms with Crippen LogP contribution in [0.25, 0.3) is 0 Å². The molecule has 134 valence electrons. The lowest BCUT2D eigenvalue weighted by atomic mass is 9.98. The topological polar surface area (TPSA) is 71.1 Å². The van der Waals surface area contributed by atoms with Crippen LogP contribution >= 0.6 is 0 Å². The van der Waals surface area contributed by atoms with Gasteiger partial charge in [0, 0.05) is 32.2 Å². The van der Waals surface area contributed by atoms with Crippen LogP contribution in [0.15, 0.2) is 0 Å². The Bertz CT molecular complexity index is 488. The Balaban J connectivity index is 1.35. The number of likely N-dealkylation sites (tertiary alicyclic amines) is 1. The van der Waals surface area contributed by atoms with Gasteiger partial charge in [-0.25, -0.2) is 4.79 Å². The Morgan fingerprint density at radius 1 is 1.00 bits per heavy atom. The molecule has 3 saturated heterocycles. The van der Waals surface area contributed by atoms with Crippen LogP contribution in [0.3, 0.4) is 0 Å². The zero-order chi connectivity index (χ0) is 16.5. The summed E-state index contributed by atoms with van der Waals surface area (Å²) >= 11 is 0. The average Bonchev–Trinajstić information content (AvgIpc) is 3.22. The van der Waals surface area contributed by atoms with Gasteiger partial charge >= 0.3 is 6.03 Å². The van der Waals surface area contributed by atoms with E-state index >= 15 is 0 Å². The van der Waals surface area contributed by atoms with Crippen molar-refractivity contribution in [3.05, 3.63) is 0 Å². The Hall–Kier alpha value is -1.34. The van der Waals surface area contributed by atoms with Crippen molar-refractivity contribution in [2.24, 2.45) is 5.92 Å². The molecule has 0 spiro atoms. The molecule has 0 unspecified atom stereocenters. The van der Waals surface area contributed by atoms with Crippen molar-refractivity contribution in [3.63, 3.8) is 0 Å². The van der Waals surface area contributed by atoms with Gasteiger partial charge in [-0.15, -0.1) is 0 Å². The number of carbonyl (C=O) groups excluding carboxylic acids is 2. The van der Waals surface area contributed by atoms with E-state index in [0.29, 0.717) is 45.4 Å². The number of nitrogens with zero attached hydrogens (tertiary/aromatic N) is 2. The normalized spacial score (nSPS) is 33.8. The molecule has 3 atom stereocenters. The monoisotopic (exact) mass is 337 g/mol. The van der Waals surface area contributed by atoms with Crippen molar-refractivity contribution in [3.8, 4) is 0 Å². The maximum absolute atomic E-state index is 12.8. The number of urea groups is 1. The Kier molecular flexibility index (Phi) is 4.63. The standard InChI is InChI=1S/C17H27N3O4/c21-16(19-5-7-23-8-6-19)14-9-13-10-20(11-15(14)24-13)17(22)18-12-3-1-2-4-12/h12-15H,1-11H2,(H,18,22)/t13-,14+,15-/m0/s1. The maximum atomic E-state index is 12.8. The van der Waals surface area contributed by atoms with Gasteiger partial charge in [-0.3, -0.25) is 4.79 Å². The van der Waals surface area contributed by atoms with Crippen LogP contribution in [0.4, 0.5) is 4.79 Å². The van der Waals surface area contributed by atoms with Gasteiger partial charge in [-0.2, -0.15) is 0 Å². The molecule has 1 saturated carbocycles. The molecule has 7 nitrogen and oxygen atoms in total. The third-order valence-electron chi connectivity index (χ3n) is 5.77. The first-order valence-corrected chi connectivity index (χ1v) is 9.28. The van der Waals surface area contributed by atoms with Crippen molar-refractivity contribution in [2.75, 3.05) is 39.4 Å². The van der Waals surface area contributed by atoms with Gasteiger partial charge in [0.15, 0.2) is 0 Å². The molecule has 2 bridgehead atoms. The quantitative estimate of drug-likeness (QED) is 0.800. The average molecular weight is 337 g/mol. The summed E-state index contributed by atoms with van der Waals surface area (Å²) in [5, 5.41) is 3.14. The van der Waals surface area contributed by atoms with Crippen LogP contribution in [0.2, 0.25) is 0 Å². The number of amides is 3. The minimum atomic E-state index is -0.159. The predicted octanol–water partition coefficient (Wildman–Crippen LogP) is 0.587. The number of ether oxygens (including phenoxy) is 2. The second-order valence-corrected chi connectivity index (χ2v) is 7.41. The van der Waals surface area contributed by atoms with Crippen molar-refractivity contribution in [1.29, 1.82) is 0 Å². The van der Waals surface area contributed by atoms with Crippen molar-refractivity contribution in [2.45, 2.75) is 50.4 Å². The van der Waals surface area contributed by atoms with Gasteiger partial charge in [0.25, 0.3) is 0 Å². The van der Waals surface area contributed by atoms with E-state index in [-0.39, 0.29) is 30.1 Å². The third kappa shape index (κ3) is 3.24. The van der Waals surface area contributed by atoms with Crippen LogP contribution in [-0.2, 0) is 14.3 Å². The summed E-state index contributed by atoms with van der Waals surface area (Å²) in [6, 6.07) is 0.337. The Labute approximate surface area is 142 Å². The molecule has 3 heterocycles. The van der Waals surface area contributed by atoms with Gasteiger partial charge in [0.2, 0.25) is 5.91 Å². The van der Waals surface area contributed by atoms with Crippen LogP contribution in [-0.4, -0.2) is 79.4 Å². The lowest BCUT2D eigenvalue weighted by Gasteiger charge is -2.34. The van der Waals surface area contributed by atoms with E-state index in [1.807, 2.05) is 9.80 Å². The fraction of sp³-hybridized carbons (Fsp3) is 0.882. The first kappa shape index (κ1) is 16.1. The first-order valence-electron chi connectivity index (χ1n) is 9.28. The van der Waals surface area contributed by atoms with E-state index in [2.05, 4.69) is 5.32 Å². The number of rotatable bonds is 2. The second-order valence-electron chi connectivity index (χ2n) is 7.41. The van der Waals surface area contributed by atoms with Crippen LogP contribution < -0.4 is 5.32 Å². The number of fused-ring (bicyclic) bond motifs is 2. The maximum Gasteiger partial charge on any atom is 0.317 e. The fourth-order valence-corrected chi connectivity index (χ4v) is 4.44. The first-order chi connectivity index (χ1) is 11.7. The van der Waals surface area contributed by atoms with Gasteiger partial charge in [0.1, 0.15) is 0 Å². The molecule has 0 radical (unpaired) electrons. The van der Waals surface area contributed by atoms with E-state index in [9.17, 15) is 9.59 Å². The molecule has 7 heteroatoms. The summed E-state index contributed by atoms with van der Waals surface area (Å²) in [5.74, 6) is 0.0567. The molecule has 1 aliphatic carbocycles. The van der Waals surface area contributed by atoms with Crippen LogP contribution in [0.5, 0.6) is 0 Å². The SMILES string of the molecule is O=C(NC1CCCC1)N1C[C@@H]2C[C@@H](C(=O)N3CCOCC3)[C@H](C1)O2. The summed E-state index contributed by atoms with van der Waals surface area (Å²) in [6.07, 6.45) is 5.14. The van der Waals surface area contributed by atoms with Gasteiger partial charge in [-0.1, -0.05) is 12.8 Å². The van der Waals surface area contributed by atoms with Crippen LogP contribution in [0.1, 0.15) is 32.1 Å². The molecule has 3 aliphatic heterocycles. The molecule has 4 fully saturated rings. The summed E-state index contributed by atoms with van der Waals surface area (Å²) in [7, 11) is 0. The summed E-state index contributed by atoms with van der Waals surface area (Å²) in [4.78, 5) is 29.0. The number of carbonyl (C=O) groups is 2. The third-order valence-corrected chi connectivity index (χ3v) is 5.77. The predicted molar refractivity (Wildman–Crippen MR) is 86.5 cm³/mol. The highest BCUT2D eigenvalue weighted by Gasteiger charge is 2.47. The number of nitrogens with one attached hydrogen (secondary N) is 1. The van der Waals surface area contributed by atoms with E-state index in [1.165, 1.54) is 12.8 Å². The molecule has 3 amide bonds. The van der Waals surface area contributed by atoms with E-state index < -0.39 is 0 Å². The highest BCUT2D eigenvalue weighted by Crippen LogP contribution is 2.33. The molecule has 4 rings (SSSR count). The molecule has 0 aromatic rings. The number of hydrogen-bond acceptors (Lipinski definition) is 4. The molecule has 4 aliphatic rings. The van der Waals surface area contributed by atoms with Crippen molar-refractivity contribution in [1.82, 2.24) is 15.1 Å². The number of morpholine rings is 2. The van der Waals surface area contributed by atoms with E-state index in [4.69, 9.17) is 9.47 Å². The minimum Gasteiger partial charge on any atom is -0.378 e. The largest absolute Gasteiger partial charge is 0.378 e. The highest BCUT2D eigenvalue weighted by atomic mass is 16.5. The summed E-state index contributed by atoms with van der Waals surface area (Å²) in [6.45, 7) is 3.68. The molecule has 0 aromatic carbocycles. The Morgan fingerprint density at radius 3 is 2.50 bits per heavy atom. The Morgan fingerprint density at radius 2 is 1.75 bits per heavy atom. The van der Waals surface area contributed by atoms with Gasteiger partial charge in [-0.05, 0) is 19.3 Å². The zero-order valence-corrected chi connectivity index (χ0v) is 14.1. The van der Waals surface area contributed by atoms with Crippen molar-refractivity contribution < 1.29 is 19.1 Å². The molecule has 1 N–H and O–H groups in total. The summed E-state index contributed by atoms with van der Waals surface area (Å²) < 4.78 is 11.3. The molecular formula is C17H27N3O4. The molecular weight excluding hydrogens is 310 g/mol. The minimum absolute atomic E-state index is 0.00642. The smallest absolute Gasteiger partial charge is 0.317 e. The van der Waals surface area contributed by atoms with Crippen LogP contribution in [0, 0.1) is 5.92 Å². The second kappa shape index (κ2) is 6.88. The number of hydrogen-bond donors (Lipinski definition) is 1. The van der Waals surface area contributed by atoms with Gasteiger partial charge < -0.3 is 24.6 Å². The lowest BCUT2D eigenvalue weighted by molar-refractivity contribution is -0.142. The van der Waals surface area contributed by atoms with Gasteiger partial charge in [0.05, 0.1) is 31.3 Å². The summed E-state index contributed by atoms with van der Waals surface area (Å²) in [5.41, 5.74) is 0. The molecule has 24 heavy (non-hydrogen) atoms. The zero-order valence-electron chi connectivity index (χ0n) is 14.1. The lowest BCUT2D eigenvalue weighted by Crippen LogP contribution is -2.53. The molecule has 0 aromatic heterocycles. The van der Waals surface area contributed by atoms with Crippen molar-refractivity contribution >= 4 is 11.9 Å². The van der Waals surface area contributed by atoms with E-state index in [1.54, 1.807) is 0 Å². The van der Waals surface area contributed by atoms with E-state index in [0.717, 1.165) is 19.3 Å².